The van der Waals surface area contributed by atoms with Crippen LogP contribution in [0.4, 0.5) is 5.69 Å². The number of thiophene rings is 1. The van der Waals surface area contributed by atoms with Crippen LogP contribution < -0.4 is 4.90 Å². The van der Waals surface area contributed by atoms with Gasteiger partial charge in [-0.05, 0) is 29.5 Å². The molecule has 126 valence electrons. The number of morpholine rings is 1. The number of hydrogen-bond acceptors (Lipinski definition) is 5. The van der Waals surface area contributed by atoms with Crippen molar-refractivity contribution in [2.75, 3.05) is 31.1 Å². The van der Waals surface area contributed by atoms with Crippen molar-refractivity contribution in [2.45, 2.75) is 19.1 Å². The Hall–Kier alpha value is -1.63. The standard InChI is InChI=1S/C17H18ClN3O2S/c18-13-9-19-4-1-14(13)20-6-7-23-15(11-20)17(22)21-5-2-16-12(10-21)3-8-24-16/h1,3-4,8-9,15H,2,5-7,10-11H2. The van der Waals surface area contributed by atoms with E-state index in [2.05, 4.69) is 21.3 Å². The van der Waals surface area contributed by atoms with Crippen LogP contribution in [-0.4, -0.2) is 48.1 Å². The fraction of sp³-hybridized carbons (Fsp3) is 0.412. The summed E-state index contributed by atoms with van der Waals surface area (Å²) in [6, 6.07) is 4.00. The first-order valence-corrected chi connectivity index (χ1v) is 9.28. The fourth-order valence-electron chi connectivity index (χ4n) is 3.28. The first-order chi connectivity index (χ1) is 11.7. The van der Waals surface area contributed by atoms with Gasteiger partial charge in [0.1, 0.15) is 0 Å². The molecule has 0 N–H and O–H groups in total. The van der Waals surface area contributed by atoms with Crippen molar-refractivity contribution in [1.82, 2.24) is 9.88 Å². The third-order valence-corrected chi connectivity index (χ3v) is 5.87. The van der Waals surface area contributed by atoms with E-state index in [1.807, 2.05) is 11.0 Å². The Balaban J connectivity index is 1.46. The Kier molecular flexibility index (Phi) is 4.43. The molecule has 1 saturated heterocycles. The minimum atomic E-state index is -0.442. The number of halogens is 1. The number of nitrogens with zero attached hydrogens (tertiary/aromatic N) is 3. The van der Waals surface area contributed by atoms with Crippen molar-refractivity contribution < 1.29 is 9.53 Å². The van der Waals surface area contributed by atoms with E-state index >= 15 is 0 Å². The van der Waals surface area contributed by atoms with E-state index < -0.39 is 6.10 Å². The fourth-order valence-corrected chi connectivity index (χ4v) is 4.41. The molecule has 2 aromatic rings. The lowest BCUT2D eigenvalue weighted by Gasteiger charge is -2.37. The summed E-state index contributed by atoms with van der Waals surface area (Å²) in [7, 11) is 0. The number of aromatic nitrogens is 1. The average molecular weight is 364 g/mol. The van der Waals surface area contributed by atoms with Gasteiger partial charge in [-0.2, -0.15) is 0 Å². The van der Waals surface area contributed by atoms with E-state index in [9.17, 15) is 4.79 Å². The normalized spacial score (nSPS) is 20.8. The summed E-state index contributed by atoms with van der Waals surface area (Å²) in [6.45, 7) is 3.22. The second kappa shape index (κ2) is 6.70. The van der Waals surface area contributed by atoms with Crippen molar-refractivity contribution in [3.63, 3.8) is 0 Å². The van der Waals surface area contributed by atoms with Gasteiger partial charge in [0, 0.05) is 36.9 Å². The molecule has 7 heteroatoms. The molecular formula is C17H18ClN3O2S. The third kappa shape index (κ3) is 3.01. The summed E-state index contributed by atoms with van der Waals surface area (Å²) in [6.07, 6.45) is 3.84. The van der Waals surface area contributed by atoms with E-state index in [4.69, 9.17) is 16.3 Å². The topological polar surface area (TPSA) is 45.7 Å². The highest BCUT2D eigenvalue weighted by molar-refractivity contribution is 7.10. The molecule has 4 heterocycles. The van der Waals surface area contributed by atoms with Crippen LogP contribution in [0.15, 0.2) is 29.9 Å². The summed E-state index contributed by atoms with van der Waals surface area (Å²) in [5.41, 5.74) is 2.18. The molecule has 0 saturated carbocycles. The molecule has 0 spiro atoms. The van der Waals surface area contributed by atoms with Crippen LogP contribution >= 0.6 is 22.9 Å². The van der Waals surface area contributed by atoms with Gasteiger partial charge in [0.05, 0.1) is 23.9 Å². The monoisotopic (exact) mass is 363 g/mol. The van der Waals surface area contributed by atoms with E-state index in [1.165, 1.54) is 10.4 Å². The SMILES string of the molecule is O=C(C1CN(c2ccncc2Cl)CCO1)N1CCc2sccc2C1. The number of anilines is 1. The molecule has 24 heavy (non-hydrogen) atoms. The van der Waals surface area contributed by atoms with Crippen LogP contribution in [0.3, 0.4) is 0 Å². The first-order valence-electron chi connectivity index (χ1n) is 8.02. The molecule has 1 fully saturated rings. The first kappa shape index (κ1) is 15.9. The number of carbonyl (C=O) groups excluding carboxylic acids is 1. The van der Waals surface area contributed by atoms with Gasteiger partial charge < -0.3 is 14.5 Å². The minimum Gasteiger partial charge on any atom is -0.365 e. The molecule has 4 rings (SSSR count). The van der Waals surface area contributed by atoms with Crippen molar-refractivity contribution in [3.05, 3.63) is 45.4 Å². The number of carbonyl (C=O) groups is 1. The summed E-state index contributed by atoms with van der Waals surface area (Å²) in [5, 5.41) is 2.70. The Morgan fingerprint density at radius 3 is 3.17 bits per heavy atom. The van der Waals surface area contributed by atoms with Gasteiger partial charge in [0.2, 0.25) is 0 Å². The lowest BCUT2D eigenvalue weighted by molar-refractivity contribution is -0.145. The number of pyridine rings is 1. The molecule has 2 aliphatic rings. The number of amides is 1. The smallest absolute Gasteiger partial charge is 0.253 e. The zero-order valence-electron chi connectivity index (χ0n) is 13.2. The molecule has 0 radical (unpaired) electrons. The van der Waals surface area contributed by atoms with Gasteiger partial charge in [-0.25, -0.2) is 0 Å². The molecule has 0 aliphatic carbocycles. The quantitative estimate of drug-likeness (QED) is 0.822. The van der Waals surface area contributed by atoms with E-state index in [0.717, 1.165) is 25.2 Å². The van der Waals surface area contributed by atoms with Crippen LogP contribution in [-0.2, 0) is 22.5 Å². The highest BCUT2D eigenvalue weighted by atomic mass is 35.5. The van der Waals surface area contributed by atoms with Crippen LogP contribution in [0.2, 0.25) is 5.02 Å². The number of rotatable bonds is 2. The van der Waals surface area contributed by atoms with Gasteiger partial charge in [-0.3, -0.25) is 9.78 Å². The van der Waals surface area contributed by atoms with Crippen molar-refractivity contribution in [3.8, 4) is 0 Å². The molecule has 2 aliphatic heterocycles. The Labute approximate surface area is 149 Å². The van der Waals surface area contributed by atoms with Gasteiger partial charge in [0.15, 0.2) is 6.10 Å². The molecule has 1 amide bonds. The van der Waals surface area contributed by atoms with Crippen molar-refractivity contribution in [2.24, 2.45) is 0 Å². The second-order valence-electron chi connectivity index (χ2n) is 6.01. The summed E-state index contributed by atoms with van der Waals surface area (Å²) in [5.74, 6) is 0.0710. The highest BCUT2D eigenvalue weighted by Gasteiger charge is 2.32. The van der Waals surface area contributed by atoms with Gasteiger partial charge in [-0.1, -0.05) is 11.6 Å². The molecule has 0 bridgehead atoms. The molecule has 1 atom stereocenters. The number of ether oxygens (including phenoxy) is 1. The molecule has 1 unspecified atom stereocenters. The molecular weight excluding hydrogens is 346 g/mol. The number of hydrogen-bond donors (Lipinski definition) is 0. The molecule has 0 aromatic carbocycles. The number of fused-ring (bicyclic) bond motifs is 1. The average Bonchev–Trinajstić information content (AvgIpc) is 3.09. The Morgan fingerprint density at radius 2 is 2.29 bits per heavy atom. The van der Waals surface area contributed by atoms with E-state index in [-0.39, 0.29) is 5.91 Å². The highest BCUT2D eigenvalue weighted by Crippen LogP contribution is 2.28. The zero-order chi connectivity index (χ0) is 16.5. The van der Waals surface area contributed by atoms with Crippen LogP contribution in [0.25, 0.3) is 0 Å². The second-order valence-corrected chi connectivity index (χ2v) is 7.42. The Bertz CT molecular complexity index is 751. The minimum absolute atomic E-state index is 0.0710. The van der Waals surface area contributed by atoms with Gasteiger partial charge in [-0.15, -0.1) is 11.3 Å². The van der Waals surface area contributed by atoms with Gasteiger partial charge >= 0.3 is 0 Å². The lowest BCUT2D eigenvalue weighted by atomic mass is 10.1. The maximum absolute atomic E-state index is 12.9. The van der Waals surface area contributed by atoms with Crippen LogP contribution in [0, 0.1) is 0 Å². The van der Waals surface area contributed by atoms with E-state index in [1.54, 1.807) is 23.7 Å². The maximum Gasteiger partial charge on any atom is 0.253 e. The Morgan fingerprint density at radius 1 is 1.38 bits per heavy atom. The van der Waals surface area contributed by atoms with Crippen molar-refractivity contribution in [1.29, 1.82) is 0 Å². The summed E-state index contributed by atoms with van der Waals surface area (Å²) in [4.78, 5) is 22.3. The predicted octanol–water partition coefficient (Wildman–Crippen LogP) is 2.59. The molecule has 5 nitrogen and oxygen atoms in total. The van der Waals surface area contributed by atoms with Crippen LogP contribution in [0.1, 0.15) is 10.4 Å². The summed E-state index contributed by atoms with van der Waals surface area (Å²) >= 11 is 8.01. The van der Waals surface area contributed by atoms with Gasteiger partial charge in [0.25, 0.3) is 5.91 Å². The lowest BCUT2D eigenvalue weighted by Crippen LogP contribution is -2.52. The predicted molar refractivity (Wildman–Crippen MR) is 94.6 cm³/mol. The largest absolute Gasteiger partial charge is 0.365 e. The zero-order valence-corrected chi connectivity index (χ0v) is 14.7. The summed E-state index contributed by atoms with van der Waals surface area (Å²) < 4.78 is 5.77. The third-order valence-electron chi connectivity index (χ3n) is 4.55. The van der Waals surface area contributed by atoms with Crippen molar-refractivity contribution >= 4 is 34.5 Å². The van der Waals surface area contributed by atoms with Crippen LogP contribution in [0.5, 0.6) is 0 Å². The maximum atomic E-state index is 12.9. The molecule has 2 aromatic heterocycles. The van der Waals surface area contributed by atoms with E-state index in [0.29, 0.717) is 24.7 Å².